The summed E-state index contributed by atoms with van der Waals surface area (Å²) in [4.78, 5) is 4.27. The van der Waals surface area contributed by atoms with E-state index in [-0.39, 0.29) is 24.0 Å². The lowest BCUT2D eigenvalue weighted by Gasteiger charge is -2.06. The van der Waals surface area contributed by atoms with Gasteiger partial charge in [0.05, 0.1) is 7.11 Å². The minimum Gasteiger partial charge on any atom is -0.497 e. The van der Waals surface area contributed by atoms with Gasteiger partial charge in [0, 0.05) is 31.2 Å². The molecule has 0 radical (unpaired) electrons. The van der Waals surface area contributed by atoms with Crippen LogP contribution in [0.15, 0.2) is 47.7 Å². The minimum absolute atomic E-state index is 0. The normalized spacial score (nSPS) is 10.8. The van der Waals surface area contributed by atoms with Crippen LogP contribution in [-0.2, 0) is 6.54 Å². The Morgan fingerprint density at radius 3 is 2.76 bits per heavy atom. The zero-order valence-corrected chi connectivity index (χ0v) is 14.2. The highest BCUT2D eigenvalue weighted by Gasteiger charge is 1.96. The van der Waals surface area contributed by atoms with E-state index < -0.39 is 0 Å². The maximum atomic E-state index is 5.82. The van der Waals surface area contributed by atoms with E-state index >= 15 is 0 Å². The summed E-state index contributed by atoms with van der Waals surface area (Å²) >= 11 is 0. The number of nitrogens with one attached hydrogen (secondary N) is 1. The molecule has 3 N–H and O–H groups in total. The van der Waals surface area contributed by atoms with Gasteiger partial charge in [0.1, 0.15) is 5.75 Å². The highest BCUT2D eigenvalue weighted by molar-refractivity contribution is 14.0. The highest BCUT2D eigenvalue weighted by Crippen LogP contribution is 2.14. The van der Waals surface area contributed by atoms with Gasteiger partial charge < -0.3 is 15.8 Å². The van der Waals surface area contributed by atoms with E-state index in [2.05, 4.69) is 15.4 Å². The number of nitrogens with two attached hydrogens (primary N) is 1. The number of hydrogen-bond donors (Lipinski definition) is 2. The SMILES string of the molecule is COc1ccc(NC(N)=NCCCn2cccn2)cc1.I. The molecule has 1 aromatic carbocycles. The Morgan fingerprint density at radius 2 is 2.14 bits per heavy atom. The highest BCUT2D eigenvalue weighted by atomic mass is 127. The first-order valence-electron chi connectivity index (χ1n) is 6.46. The van der Waals surface area contributed by atoms with Crippen LogP contribution in [0.2, 0.25) is 0 Å². The van der Waals surface area contributed by atoms with Gasteiger partial charge in [-0.1, -0.05) is 0 Å². The van der Waals surface area contributed by atoms with Crippen LogP contribution >= 0.6 is 24.0 Å². The number of ether oxygens (including phenoxy) is 1. The summed E-state index contributed by atoms with van der Waals surface area (Å²) in [5, 5.41) is 7.16. The molecule has 0 aliphatic rings. The number of methoxy groups -OCH3 is 1. The first-order chi connectivity index (χ1) is 9.78. The molecule has 21 heavy (non-hydrogen) atoms. The molecule has 114 valence electrons. The molecule has 2 aromatic rings. The molecule has 1 heterocycles. The molecular weight excluding hydrogens is 381 g/mol. The molecule has 0 fully saturated rings. The minimum atomic E-state index is 0. The van der Waals surface area contributed by atoms with Gasteiger partial charge in [0.25, 0.3) is 0 Å². The summed E-state index contributed by atoms with van der Waals surface area (Å²) in [5.41, 5.74) is 6.71. The zero-order chi connectivity index (χ0) is 14.2. The maximum Gasteiger partial charge on any atom is 0.193 e. The van der Waals surface area contributed by atoms with Gasteiger partial charge in [0.2, 0.25) is 0 Å². The van der Waals surface area contributed by atoms with Crippen LogP contribution in [0.5, 0.6) is 5.75 Å². The van der Waals surface area contributed by atoms with E-state index in [9.17, 15) is 0 Å². The van der Waals surface area contributed by atoms with Gasteiger partial charge in [-0.3, -0.25) is 9.67 Å². The Labute approximate surface area is 141 Å². The van der Waals surface area contributed by atoms with Crippen molar-refractivity contribution in [3.63, 3.8) is 0 Å². The second-order valence-electron chi connectivity index (χ2n) is 4.24. The van der Waals surface area contributed by atoms with Crippen molar-refractivity contribution in [2.75, 3.05) is 19.0 Å². The van der Waals surface area contributed by atoms with Crippen molar-refractivity contribution in [1.29, 1.82) is 0 Å². The molecule has 0 bridgehead atoms. The van der Waals surface area contributed by atoms with Crippen LogP contribution in [0.1, 0.15) is 6.42 Å². The van der Waals surface area contributed by atoms with E-state index in [4.69, 9.17) is 10.5 Å². The van der Waals surface area contributed by atoms with E-state index in [1.807, 2.05) is 41.2 Å². The van der Waals surface area contributed by atoms with Gasteiger partial charge in [0.15, 0.2) is 5.96 Å². The fourth-order valence-electron chi connectivity index (χ4n) is 1.73. The summed E-state index contributed by atoms with van der Waals surface area (Å²) in [6.45, 7) is 1.50. The lowest BCUT2D eigenvalue weighted by molar-refractivity contribution is 0.415. The monoisotopic (exact) mass is 401 g/mol. The second-order valence-corrected chi connectivity index (χ2v) is 4.24. The second kappa shape index (κ2) is 9.22. The molecular formula is C14H20IN5O. The van der Waals surface area contributed by atoms with Crippen molar-refractivity contribution in [3.05, 3.63) is 42.7 Å². The fraction of sp³-hybridized carbons (Fsp3) is 0.286. The van der Waals surface area contributed by atoms with Gasteiger partial charge in [-0.05, 0) is 36.8 Å². The smallest absolute Gasteiger partial charge is 0.193 e. The zero-order valence-electron chi connectivity index (χ0n) is 11.9. The molecule has 0 spiro atoms. The summed E-state index contributed by atoms with van der Waals surface area (Å²) in [5.74, 6) is 1.22. The molecule has 0 aliphatic carbocycles. The Kier molecular flexibility index (Phi) is 7.59. The van der Waals surface area contributed by atoms with Gasteiger partial charge in [-0.25, -0.2) is 0 Å². The third kappa shape index (κ3) is 6.03. The van der Waals surface area contributed by atoms with Crippen LogP contribution in [0.25, 0.3) is 0 Å². The molecule has 0 aliphatic heterocycles. The molecule has 7 heteroatoms. The molecule has 0 saturated carbocycles. The van der Waals surface area contributed by atoms with Crippen molar-refractivity contribution in [1.82, 2.24) is 9.78 Å². The third-order valence-corrected chi connectivity index (χ3v) is 2.75. The van der Waals surface area contributed by atoms with Crippen molar-refractivity contribution in [2.24, 2.45) is 10.7 Å². The van der Waals surface area contributed by atoms with Crippen LogP contribution in [0, 0.1) is 0 Å². The Balaban J connectivity index is 0.00000220. The lowest BCUT2D eigenvalue weighted by Crippen LogP contribution is -2.22. The predicted molar refractivity (Wildman–Crippen MR) is 95.4 cm³/mol. The van der Waals surface area contributed by atoms with Gasteiger partial charge in [-0.15, -0.1) is 24.0 Å². The molecule has 1 aromatic heterocycles. The Morgan fingerprint density at radius 1 is 1.38 bits per heavy atom. The summed E-state index contributed by atoms with van der Waals surface area (Å²) in [7, 11) is 1.64. The number of aromatic nitrogens is 2. The molecule has 6 nitrogen and oxygen atoms in total. The van der Waals surface area contributed by atoms with Crippen LogP contribution < -0.4 is 15.8 Å². The van der Waals surface area contributed by atoms with Crippen molar-refractivity contribution in [2.45, 2.75) is 13.0 Å². The number of anilines is 1. The number of benzene rings is 1. The first-order valence-corrected chi connectivity index (χ1v) is 6.46. The average molecular weight is 401 g/mol. The molecule has 0 unspecified atom stereocenters. The topological polar surface area (TPSA) is 77.5 Å². The fourth-order valence-corrected chi connectivity index (χ4v) is 1.73. The number of guanidine groups is 1. The van der Waals surface area contributed by atoms with E-state index in [1.165, 1.54) is 0 Å². The van der Waals surface area contributed by atoms with Crippen LogP contribution in [0.3, 0.4) is 0 Å². The van der Waals surface area contributed by atoms with Crippen LogP contribution in [-0.4, -0.2) is 29.4 Å². The number of aliphatic imine (C=N–C) groups is 1. The number of aryl methyl sites for hydroxylation is 1. The Hall–Kier alpha value is -1.77. The molecule has 0 atom stereocenters. The number of nitrogens with zero attached hydrogens (tertiary/aromatic N) is 3. The van der Waals surface area contributed by atoms with Crippen molar-refractivity contribution < 1.29 is 4.74 Å². The number of rotatable bonds is 6. The quantitative estimate of drug-likeness (QED) is 0.337. The van der Waals surface area contributed by atoms with Crippen molar-refractivity contribution >= 4 is 35.6 Å². The lowest BCUT2D eigenvalue weighted by atomic mass is 10.3. The molecule has 0 amide bonds. The number of hydrogen-bond acceptors (Lipinski definition) is 3. The first kappa shape index (κ1) is 17.3. The predicted octanol–water partition coefficient (Wildman–Crippen LogP) is 2.33. The maximum absolute atomic E-state index is 5.82. The van der Waals surface area contributed by atoms with E-state index in [0.29, 0.717) is 12.5 Å². The largest absolute Gasteiger partial charge is 0.497 e. The molecule has 2 rings (SSSR count). The average Bonchev–Trinajstić information content (AvgIpc) is 2.98. The third-order valence-electron chi connectivity index (χ3n) is 2.75. The summed E-state index contributed by atoms with van der Waals surface area (Å²) < 4.78 is 6.97. The summed E-state index contributed by atoms with van der Waals surface area (Å²) in [6, 6.07) is 9.43. The molecule has 0 saturated heterocycles. The summed E-state index contributed by atoms with van der Waals surface area (Å²) in [6.07, 6.45) is 4.60. The van der Waals surface area contributed by atoms with Gasteiger partial charge in [-0.2, -0.15) is 5.10 Å². The van der Waals surface area contributed by atoms with Crippen molar-refractivity contribution in [3.8, 4) is 5.75 Å². The number of halogens is 1. The van der Waals surface area contributed by atoms with E-state index in [0.717, 1.165) is 24.4 Å². The Bertz CT molecular complexity index is 539. The van der Waals surface area contributed by atoms with E-state index in [1.54, 1.807) is 13.3 Å². The van der Waals surface area contributed by atoms with Gasteiger partial charge >= 0.3 is 0 Å². The standard InChI is InChI=1S/C14H19N5O.HI/c1-20-13-6-4-12(5-7-13)18-14(15)16-8-2-10-19-11-3-9-17-19;/h3-7,9,11H,2,8,10H2,1H3,(H3,15,16,18);1H. The van der Waals surface area contributed by atoms with Crippen LogP contribution in [0.4, 0.5) is 5.69 Å².